The lowest BCUT2D eigenvalue weighted by Crippen LogP contribution is -2.36. The molecule has 0 spiro atoms. The molecule has 182 valence electrons. The summed E-state index contributed by atoms with van der Waals surface area (Å²) < 4.78 is 26.9. The minimum absolute atomic E-state index is 0.0665. The van der Waals surface area contributed by atoms with Crippen LogP contribution in [0.2, 0.25) is 0 Å². The number of nitrogens with one attached hydrogen (secondary N) is 1. The Bertz CT molecular complexity index is 1220. The van der Waals surface area contributed by atoms with Crippen LogP contribution in [0, 0.1) is 9.39 Å². The number of Topliss-reactive ketones (excluding diaryl/α,β-unsaturated/α-hetero) is 2. The van der Waals surface area contributed by atoms with Crippen LogP contribution in [0.25, 0.3) is 0 Å². The molecule has 7 heteroatoms. The summed E-state index contributed by atoms with van der Waals surface area (Å²) in [4.78, 5) is 26.2. The van der Waals surface area contributed by atoms with Gasteiger partial charge in [-0.2, -0.15) is 0 Å². The van der Waals surface area contributed by atoms with Gasteiger partial charge in [0.1, 0.15) is 12.4 Å². The highest BCUT2D eigenvalue weighted by Crippen LogP contribution is 2.47. The van der Waals surface area contributed by atoms with Crippen molar-refractivity contribution in [1.82, 2.24) is 5.32 Å². The largest absolute Gasteiger partial charge is 0.490 e. The second-order valence-electron chi connectivity index (χ2n) is 9.04. The van der Waals surface area contributed by atoms with E-state index in [2.05, 4.69) is 27.9 Å². The van der Waals surface area contributed by atoms with Gasteiger partial charge < -0.3 is 14.8 Å². The quantitative estimate of drug-likeness (QED) is 0.414. The summed E-state index contributed by atoms with van der Waals surface area (Å²) in [7, 11) is 0. The van der Waals surface area contributed by atoms with E-state index >= 15 is 0 Å². The highest BCUT2D eigenvalue weighted by atomic mass is 127. The lowest BCUT2D eigenvalue weighted by Gasteiger charge is -2.37. The van der Waals surface area contributed by atoms with Crippen molar-refractivity contribution in [2.75, 3.05) is 6.61 Å². The molecular formula is C28H27FINO4. The summed E-state index contributed by atoms with van der Waals surface area (Å²) in [6.45, 7) is 2.37. The predicted molar refractivity (Wildman–Crippen MR) is 139 cm³/mol. The van der Waals surface area contributed by atoms with E-state index in [0.29, 0.717) is 47.7 Å². The second kappa shape index (κ2) is 10.1. The molecule has 1 aliphatic heterocycles. The maximum Gasteiger partial charge on any atom is 0.174 e. The van der Waals surface area contributed by atoms with Gasteiger partial charge in [-0.1, -0.05) is 18.2 Å². The number of dihydropyridines is 1. The summed E-state index contributed by atoms with van der Waals surface area (Å²) in [6.07, 6.45) is 4.24. The third kappa shape index (κ3) is 4.62. The van der Waals surface area contributed by atoms with E-state index in [9.17, 15) is 14.0 Å². The van der Waals surface area contributed by atoms with Crippen molar-refractivity contribution in [3.63, 3.8) is 0 Å². The topological polar surface area (TPSA) is 64.6 Å². The Balaban J connectivity index is 1.58. The van der Waals surface area contributed by atoms with Crippen LogP contribution in [0.1, 0.15) is 62.5 Å². The van der Waals surface area contributed by atoms with Crippen LogP contribution in [0.3, 0.4) is 0 Å². The third-order valence-electron chi connectivity index (χ3n) is 6.79. The van der Waals surface area contributed by atoms with Crippen LogP contribution >= 0.6 is 22.6 Å². The Morgan fingerprint density at radius 3 is 2.26 bits per heavy atom. The second-order valence-corrected chi connectivity index (χ2v) is 10.2. The normalized spacial score (nSPS) is 18.3. The fourth-order valence-corrected chi connectivity index (χ4v) is 6.02. The molecule has 0 fully saturated rings. The summed E-state index contributed by atoms with van der Waals surface area (Å²) in [5.74, 6) is 0.525. The number of ether oxygens (including phenoxy) is 2. The van der Waals surface area contributed by atoms with Gasteiger partial charge in [-0.05, 0) is 79.0 Å². The Kier molecular flexibility index (Phi) is 6.95. The first-order chi connectivity index (χ1) is 17.0. The molecule has 2 aromatic carbocycles. The van der Waals surface area contributed by atoms with Gasteiger partial charge >= 0.3 is 0 Å². The van der Waals surface area contributed by atoms with Gasteiger partial charge in [0.15, 0.2) is 23.1 Å². The molecule has 1 heterocycles. The van der Waals surface area contributed by atoms with E-state index in [1.54, 1.807) is 18.2 Å². The van der Waals surface area contributed by atoms with Gasteiger partial charge in [0.2, 0.25) is 0 Å². The fourth-order valence-electron chi connectivity index (χ4n) is 5.24. The fraction of sp³-hybridized carbons (Fsp3) is 0.357. The standard InChI is InChI=1S/C28H27FINO4/c1-2-34-24-14-17(13-19(30)28(24)35-15-16-7-3-4-8-18(16)29)25-26-20(9-5-11-22(26)32)31-21-10-6-12-23(33)27(21)25/h3-4,7-8,13-14,25,31H,2,5-6,9-12,15H2,1H3. The van der Waals surface area contributed by atoms with Gasteiger partial charge in [0.05, 0.1) is 10.2 Å². The Morgan fingerprint density at radius 2 is 1.63 bits per heavy atom. The lowest BCUT2D eigenvalue weighted by molar-refractivity contribution is -0.117. The number of rotatable bonds is 6. The maximum absolute atomic E-state index is 14.1. The van der Waals surface area contributed by atoms with Crippen molar-refractivity contribution in [2.24, 2.45) is 0 Å². The number of carbonyl (C=O) groups excluding carboxylic acids is 2. The van der Waals surface area contributed by atoms with E-state index in [-0.39, 0.29) is 24.0 Å². The zero-order chi connectivity index (χ0) is 24.5. The average molecular weight is 587 g/mol. The van der Waals surface area contributed by atoms with Gasteiger partial charge in [0.25, 0.3) is 0 Å². The molecular weight excluding hydrogens is 560 g/mol. The average Bonchev–Trinajstić information content (AvgIpc) is 2.84. The molecule has 0 aromatic heterocycles. The summed E-state index contributed by atoms with van der Waals surface area (Å²) in [5, 5.41) is 3.45. The molecule has 2 aromatic rings. The number of hydrogen-bond donors (Lipinski definition) is 1. The number of hydrogen-bond acceptors (Lipinski definition) is 5. The van der Waals surface area contributed by atoms with Crippen LogP contribution in [-0.2, 0) is 16.2 Å². The number of halogens is 2. The Hall–Kier alpha value is -2.68. The monoisotopic (exact) mass is 587 g/mol. The maximum atomic E-state index is 14.1. The zero-order valence-electron chi connectivity index (χ0n) is 19.6. The van der Waals surface area contributed by atoms with E-state index in [1.807, 2.05) is 19.1 Å². The van der Waals surface area contributed by atoms with Crippen molar-refractivity contribution < 1.29 is 23.5 Å². The molecule has 0 bridgehead atoms. The van der Waals surface area contributed by atoms with Crippen molar-refractivity contribution in [1.29, 1.82) is 0 Å². The third-order valence-corrected chi connectivity index (χ3v) is 7.59. The van der Waals surface area contributed by atoms with Crippen LogP contribution in [-0.4, -0.2) is 18.2 Å². The van der Waals surface area contributed by atoms with Gasteiger partial charge in [-0.25, -0.2) is 4.39 Å². The molecule has 5 nitrogen and oxygen atoms in total. The molecule has 0 unspecified atom stereocenters. The first-order valence-corrected chi connectivity index (χ1v) is 13.2. The van der Waals surface area contributed by atoms with E-state index in [0.717, 1.165) is 46.2 Å². The first kappa shape index (κ1) is 24.0. The molecule has 35 heavy (non-hydrogen) atoms. The van der Waals surface area contributed by atoms with Crippen molar-refractivity contribution in [3.05, 3.63) is 79.5 Å². The molecule has 0 saturated carbocycles. The van der Waals surface area contributed by atoms with Crippen molar-refractivity contribution in [2.45, 2.75) is 58.0 Å². The minimum Gasteiger partial charge on any atom is -0.490 e. The number of ketones is 2. The van der Waals surface area contributed by atoms with Crippen LogP contribution in [0.4, 0.5) is 4.39 Å². The predicted octanol–water partition coefficient (Wildman–Crippen LogP) is 6.11. The van der Waals surface area contributed by atoms with Gasteiger partial charge in [-0.3, -0.25) is 9.59 Å². The Labute approximate surface area is 217 Å². The molecule has 3 aliphatic rings. The highest BCUT2D eigenvalue weighted by molar-refractivity contribution is 14.1. The smallest absolute Gasteiger partial charge is 0.174 e. The minimum atomic E-state index is -0.407. The zero-order valence-corrected chi connectivity index (χ0v) is 21.7. The Morgan fingerprint density at radius 1 is 0.971 bits per heavy atom. The van der Waals surface area contributed by atoms with Crippen LogP contribution in [0.15, 0.2) is 58.9 Å². The highest BCUT2D eigenvalue weighted by Gasteiger charge is 2.40. The van der Waals surface area contributed by atoms with Crippen LogP contribution in [0.5, 0.6) is 11.5 Å². The van der Waals surface area contributed by atoms with Crippen LogP contribution < -0.4 is 14.8 Å². The van der Waals surface area contributed by atoms with E-state index < -0.39 is 5.92 Å². The molecule has 1 N–H and O–H groups in total. The number of benzene rings is 2. The van der Waals surface area contributed by atoms with E-state index in [1.165, 1.54) is 6.07 Å². The first-order valence-electron chi connectivity index (χ1n) is 12.1. The van der Waals surface area contributed by atoms with Crippen molar-refractivity contribution in [3.8, 4) is 11.5 Å². The summed E-state index contributed by atoms with van der Waals surface area (Å²) >= 11 is 2.19. The SMILES string of the molecule is CCOc1cc(C2C3=C(CCCC3=O)NC3=C2C(=O)CCC3)cc(I)c1OCc1ccccc1F. The van der Waals surface area contributed by atoms with Crippen molar-refractivity contribution >= 4 is 34.2 Å². The molecule has 0 amide bonds. The molecule has 5 rings (SSSR count). The molecule has 0 saturated heterocycles. The summed E-state index contributed by atoms with van der Waals surface area (Å²) in [5.41, 5.74) is 4.63. The summed E-state index contributed by atoms with van der Waals surface area (Å²) in [6, 6.07) is 10.4. The van der Waals surface area contributed by atoms with Gasteiger partial charge in [0, 0.05) is 46.9 Å². The molecule has 0 atom stereocenters. The van der Waals surface area contributed by atoms with E-state index in [4.69, 9.17) is 9.47 Å². The van der Waals surface area contributed by atoms with Gasteiger partial charge in [-0.15, -0.1) is 0 Å². The molecule has 2 aliphatic carbocycles. The number of allylic oxidation sites excluding steroid dienone is 4. The lowest BCUT2D eigenvalue weighted by atomic mass is 9.71. The number of carbonyl (C=O) groups is 2. The molecule has 0 radical (unpaired) electrons.